The highest BCUT2D eigenvalue weighted by atomic mass is 16.5. The van der Waals surface area contributed by atoms with Crippen LogP contribution in [0.4, 0.5) is 0 Å². The Balaban J connectivity index is 1.36. The fraction of sp³-hybridized carbons (Fsp3) is 0.435. The Hall–Kier alpha value is -2.89. The van der Waals surface area contributed by atoms with Gasteiger partial charge in [0.15, 0.2) is 0 Å². The fourth-order valence-corrected chi connectivity index (χ4v) is 3.62. The largest absolute Gasteiger partial charge is 0.493 e. The van der Waals surface area contributed by atoms with Crippen molar-refractivity contribution in [1.29, 1.82) is 0 Å². The van der Waals surface area contributed by atoms with Gasteiger partial charge in [0.05, 0.1) is 12.2 Å². The number of ether oxygens (including phenoxy) is 1. The molecule has 2 amide bonds. The van der Waals surface area contributed by atoms with Crippen molar-refractivity contribution >= 4 is 11.8 Å². The molecular formula is C23H29N3O3. The minimum Gasteiger partial charge on any atom is -0.493 e. The van der Waals surface area contributed by atoms with Crippen LogP contribution in [-0.4, -0.2) is 47.4 Å². The fourth-order valence-electron chi connectivity index (χ4n) is 3.62. The summed E-state index contributed by atoms with van der Waals surface area (Å²) in [5.74, 6) is 0.976. The molecule has 29 heavy (non-hydrogen) atoms. The first-order valence-electron chi connectivity index (χ1n) is 10.2. The molecule has 0 radical (unpaired) electrons. The molecule has 1 aliphatic heterocycles. The van der Waals surface area contributed by atoms with Gasteiger partial charge in [-0.3, -0.25) is 14.6 Å². The number of likely N-dealkylation sites (tertiary alicyclic amines) is 1. The average Bonchev–Trinajstić information content (AvgIpc) is 2.74. The first-order valence-corrected chi connectivity index (χ1v) is 10.2. The van der Waals surface area contributed by atoms with Crippen LogP contribution in [-0.2, 0) is 4.79 Å². The number of hydrogen-bond acceptors (Lipinski definition) is 4. The Morgan fingerprint density at radius 2 is 1.86 bits per heavy atom. The maximum absolute atomic E-state index is 12.5. The highest BCUT2D eigenvalue weighted by molar-refractivity contribution is 5.94. The molecule has 1 aromatic heterocycles. The van der Waals surface area contributed by atoms with Gasteiger partial charge in [-0.2, -0.15) is 0 Å². The zero-order chi connectivity index (χ0) is 20.6. The van der Waals surface area contributed by atoms with Crippen molar-refractivity contribution in [3.63, 3.8) is 0 Å². The van der Waals surface area contributed by atoms with E-state index in [4.69, 9.17) is 4.74 Å². The molecule has 1 saturated heterocycles. The summed E-state index contributed by atoms with van der Waals surface area (Å²) in [6.45, 7) is 5.95. The van der Waals surface area contributed by atoms with Gasteiger partial charge in [0, 0.05) is 37.9 Å². The third-order valence-electron chi connectivity index (χ3n) is 5.30. The van der Waals surface area contributed by atoms with Gasteiger partial charge in [-0.1, -0.05) is 18.2 Å². The molecule has 0 bridgehead atoms. The zero-order valence-corrected chi connectivity index (χ0v) is 17.2. The highest BCUT2D eigenvalue weighted by Gasteiger charge is 2.24. The van der Waals surface area contributed by atoms with Gasteiger partial charge in [0.2, 0.25) is 5.91 Å². The second-order valence-electron chi connectivity index (χ2n) is 7.54. The smallest absolute Gasteiger partial charge is 0.253 e. The van der Waals surface area contributed by atoms with Crippen LogP contribution >= 0.6 is 0 Å². The second kappa shape index (κ2) is 10.0. The Labute approximate surface area is 172 Å². The molecule has 0 spiro atoms. The van der Waals surface area contributed by atoms with E-state index in [9.17, 15) is 9.59 Å². The van der Waals surface area contributed by atoms with E-state index in [1.165, 1.54) is 0 Å². The number of carbonyl (C=O) groups is 2. The van der Waals surface area contributed by atoms with Crippen molar-refractivity contribution in [2.75, 3.05) is 19.7 Å². The lowest BCUT2D eigenvalue weighted by molar-refractivity contribution is -0.132. The van der Waals surface area contributed by atoms with Crippen LogP contribution in [0.1, 0.15) is 47.2 Å². The first kappa shape index (κ1) is 20.8. The maximum Gasteiger partial charge on any atom is 0.253 e. The Kier molecular flexibility index (Phi) is 7.22. The van der Waals surface area contributed by atoms with Gasteiger partial charge < -0.3 is 15.0 Å². The highest BCUT2D eigenvalue weighted by Crippen LogP contribution is 2.22. The van der Waals surface area contributed by atoms with Crippen LogP contribution in [0.15, 0.2) is 42.7 Å². The molecule has 2 aromatic rings. The number of carbonyl (C=O) groups excluding carboxylic acids is 2. The number of benzene rings is 1. The molecule has 0 aliphatic carbocycles. The molecule has 0 unspecified atom stereocenters. The van der Waals surface area contributed by atoms with Gasteiger partial charge in [-0.25, -0.2) is 0 Å². The van der Waals surface area contributed by atoms with E-state index in [0.717, 1.165) is 29.7 Å². The molecule has 1 N–H and O–H groups in total. The van der Waals surface area contributed by atoms with Crippen molar-refractivity contribution in [2.24, 2.45) is 0 Å². The number of aromatic nitrogens is 1. The van der Waals surface area contributed by atoms with Gasteiger partial charge >= 0.3 is 0 Å². The SMILES string of the molecule is Cc1cccc(C)c1OCCCC(=O)N1CCC(NC(=O)c2cccnc2)CC1. The molecule has 154 valence electrons. The monoisotopic (exact) mass is 395 g/mol. The van der Waals surface area contributed by atoms with Crippen molar-refractivity contribution in [2.45, 2.75) is 45.6 Å². The summed E-state index contributed by atoms with van der Waals surface area (Å²) in [6.07, 6.45) is 5.94. The van der Waals surface area contributed by atoms with E-state index in [1.54, 1.807) is 24.5 Å². The number of piperidine rings is 1. The number of pyridine rings is 1. The number of nitrogens with zero attached hydrogens (tertiary/aromatic N) is 2. The molecule has 6 nitrogen and oxygen atoms in total. The van der Waals surface area contributed by atoms with Crippen LogP contribution in [0.25, 0.3) is 0 Å². The molecular weight excluding hydrogens is 366 g/mol. The molecule has 3 rings (SSSR count). The van der Waals surface area contributed by atoms with E-state index in [0.29, 0.717) is 38.1 Å². The topological polar surface area (TPSA) is 71.5 Å². The number of nitrogens with one attached hydrogen (secondary N) is 1. The van der Waals surface area contributed by atoms with Crippen molar-refractivity contribution in [1.82, 2.24) is 15.2 Å². The summed E-state index contributed by atoms with van der Waals surface area (Å²) < 4.78 is 5.88. The third-order valence-corrected chi connectivity index (χ3v) is 5.30. The van der Waals surface area contributed by atoms with Crippen molar-refractivity contribution < 1.29 is 14.3 Å². The van der Waals surface area contributed by atoms with E-state index < -0.39 is 0 Å². The minimum atomic E-state index is -0.105. The summed E-state index contributed by atoms with van der Waals surface area (Å²) in [4.78, 5) is 30.6. The van der Waals surface area contributed by atoms with Crippen LogP contribution in [0.2, 0.25) is 0 Å². The van der Waals surface area contributed by atoms with Gasteiger partial charge in [0.1, 0.15) is 5.75 Å². The summed E-state index contributed by atoms with van der Waals surface area (Å²) in [7, 11) is 0. The maximum atomic E-state index is 12.5. The Morgan fingerprint density at radius 1 is 1.14 bits per heavy atom. The summed E-state index contributed by atoms with van der Waals surface area (Å²) in [5, 5.41) is 3.04. The van der Waals surface area contributed by atoms with Gasteiger partial charge in [-0.05, 0) is 56.4 Å². The Morgan fingerprint density at radius 3 is 2.52 bits per heavy atom. The molecule has 2 heterocycles. The predicted octanol–water partition coefficient (Wildman–Crippen LogP) is 3.28. The number of hydrogen-bond donors (Lipinski definition) is 1. The summed E-state index contributed by atoms with van der Waals surface area (Å²) in [5.41, 5.74) is 2.80. The lowest BCUT2D eigenvalue weighted by atomic mass is 10.0. The van der Waals surface area contributed by atoms with E-state index in [1.807, 2.05) is 36.9 Å². The second-order valence-corrected chi connectivity index (χ2v) is 7.54. The van der Waals surface area contributed by atoms with Crippen LogP contribution in [0.5, 0.6) is 5.75 Å². The third kappa shape index (κ3) is 5.79. The van der Waals surface area contributed by atoms with Crippen LogP contribution in [0.3, 0.4) is 0 Å². The Bertz CT molecular complexity index is 810. The van der Waals surface area contributed by atoms with Gasteiger partial charge in [0.25, 0.3) is 5.91 Å². The number of rotatable bonds is 7. The molecule has 1 fully saturated rings. The van der Waals surface area contributed by atoms with E-state index in [-0.39, 0.29) is 17.9 Å². The zero-order valence-electron chi connectivity index (χ0n) is 17.2. The molecule has 0 saturated carbocycles. The standard InChI is InChI=1S/C23H29N3O3/c1-17-6-3-7-18(2)22(17)29-15-5-9-21(27)26-13-10-20(11-14-26)25-23(28)19-8-4-12-24-16-19/h3-4,6-8,12,16,20H,5,9-11,13-15H2,1-2H3,(H,25,28). The van der Waals surface area contributed by atoms with Crippen LogP contribution < -0.4 is 10.1 Å². The molecule has 1 aromatic carbocycles. The quantitative estimate of drug-likeness (QED) is 0.731. The van der Waals surface area contributed by atoms with Crippen molar-refractivity contribution in [3.8, 4) is 5.75 Å². The minimum absolute atomic E-state index is 0.0964. The van der Waals surface area contributed by atoms with Gasteiger partial charge in [-0.15, -0.1) is 0 Å². The molecule has 6 heteroatoms. The van der Waals surface area contributed by atoms with E-state index in [2.05, 4.69) is 10.3 Å². The van der Waals surface area contributed by atoms with Crippen LogP contribution in [0, 0.1) is 13.8 Å². The predicted molar refractivity (Wildman–Crippen MR) is 112 cm³/mol. The lowest BCUT2D eigenvalue weighted by Crippen LogP contribution is -2.46. The molecule has 1 aliphatic rings. The summed E-state index contributed by atoms with van der Waals surface area (Å²) in [6, 6.07) is 9.68. The molecule has 0 atom stereocenters. The van der Waals surface area contributed by atoms with Crippen molar-refractivity contribution in [3.05, 3.63) is 59.4 Å². The first-order chi connectivity index (χ1) is 14.0. The summed E-state index contributed by atoms with van der Waals surface area (Å²) >= 11 is 0. The normalized spacial score (nSPS) is 14.5. The number of para-hydroxylation sites is 1. The number of aryl methyl sites for hydroxylation is 2. The number of amides is 2. The lowest BCUT2D eigenvalue weighted by Gasteiger charge is -2.32. The average molecular weight is 396 g/mol. The van der Waals surface area contributed by atoms with E-state index >= 15 is 0 Å².